The van der Waals surface area contributed by atoms with Gasteiger partial charge in [-0.2, -0.15) is 0 Å². The zero-order chi connectivity index (χ0) is 30.1. The van der Waals surface area contributed by atoms with Gasteiger partial charge in [-0.3, -0.25) is 4.98 Å². The van der Waals surface area contributed by atoms with Crippen molar-refractivity contribution in [3.63, 3.8) is 0 Å². The average Bonchev–Trinajstić information content (AvgIpc) is 3.02. The summed E-state index contributed by atoms with van der Waals surface area (Å²) in [6.45, 7) is 8.63. The van der Waals surface area contributed by atoms with Crippen LogP contribution >= 0.6 is 11.6 Å². The maximum atomic E-state index is 8.81. The van der Waals surface area contributed by atoms with Crippen LogP contribution in [0.5, 0.6) is 0 Å². The van der Waals surface area contributed by atoms with Crippen LogP contribution in [0.4, 0.5) is 0 Å². The molecule has 0 saturated heterocycles. The molecule has 2 aromatic heterocycles. The number of benzene rings is 4. The normalized spacial score (nSPS) is 10.4. The van der Waals surface area contributed by atoms with E-state index >= 15 is 0 Å². The van der Waals surface area contributed by atoms with Gasteiger partial charge >= 0.3 is 7.12 Å². The quantitative estimate of drug-likeness (QED) is 0.159. The number of fused-ring (bicyclic) bond motifs is 2. The van der Waals surface area contributed by atoms with E-state index in [-0.39, 0.29) is 7.43 Å². The SMILES string of the molecule is C.CC(C)c1ccc(-c2nccc3ccccc23)cc1.CC(C)c1ccc(B(O)O)cc1.Clc1nccc2ccccc12. The van der Waals surface area contributed by atoms with Crippen LogP contribution in [0.1, 0.15) is 58.1 Å². The Hall–Kier alpha value is -4.03. The molecule has 0 aliphatic carbocycles. The van der Waals surface area contributed by atoms with Gasteiger partial charge in [0.1, 0.15) is 5.15 Å². The third-order valence-electron chi connectivity index (χ3n) is 7.05. The van der Waals surface area contributed by atoms with E-state index in [0.29, 0.717) is 22.5 Å². The fraction of sp³-hybridized carbons (Fsp3) is 0.189. The summed E-state index contributed by atoms with van der Waals surface area (Å²) in [6.07, 6.45) is 3.60. The minimum atomic E-state index is -1.36. The van der Waals surface area contributed by atoms with E-state index in [9.17, 15) is 0 Å². The van der Waals surface area contributed by atoms with E-state index in [1.54, 1.807) is 18.3 Å². The number of nitrogens with zero attached hydrogens (tertiary/aromatic N) is 2. The molecule has 0 aliphatic heterocycles. The molecule has 0 atom stereocenters. The van der Waals surface area contributed by atoms with Crippen molar-refractivity contribution in [2.75, 3.05) is 0 Å². The molecule has 2 N–H and O–H groups in total. The van der Waals surface area contributed by atoms with Crippen LogP contribution in [0.15, 0.2) is 122 Å². The van der Waals surface area contributed by atoms with Crippen molar-refractivity contribution in [2.24, 2.45) is 0 Å². The highest BCUT2D eigenvalue weighted by Gasteiger charge is 2.10. The smallest absolute Gasteiger partial charge is 0.423 e. The fourth-order valence-corrected chi connectivity index (χ4v) is 4.74. The van der Waals surface area contributed by atoms with Crippen molar-refractivity contribution in [3.8, 4) is 11.3 Å². The van der Waals surface area contributed by atoms with Gasteiger partial charge in [-0.1, -0.05) is 144 Å². The fourth-order valence-electron chi connectivity index (χ4n) is 4.51. The molecule has 0 bridgehead atoms. The minimum absolute atomic E-state index is 0. The minimum Gasteiger partial charge on any atom is -0.423 e. The number of hydrogen-bond donors (Lipinski definition) is 2. The summed E-state index contributed by atoms with van der Waals surface area (Å²) in [5, 5.41) is 22.8. The molecule has 0 spiro atoms. The summed E-state index contributed by atoms with van der Waals surface area (Å²) in [5.41, 5.74) is 5.36. The largest absolute Gasteiger partial charge is 0.488 e. The van der Waals surface area contributed by atoms with Gasteiger partial charge in [-0.15, -0.1) is 0 Å². The van der Waals surface area contributed by atoms with E-state index in [0.717, 1.165) is 16.5 Å². The van der Waals surface area contributed by atoms with Gasteiger partial charge in [0.05, 0.1) is 5.69 Å². The molecule has 0 unspecified atom stereocenters. The van der Waals surface area contributed by atoms with Gasteiger partial charge in [-0.05, 0) is 51.3 Å². The van der Waals surface area contributed by atoms with E-state index in [1.165, 1.54) is 27.5 Å². The van der Waals surface area contributed by atoms with E-state index < -0.39 is 7.12 Å². The highest BCUT2D eigenvalue weighted by atomic mass is 35.5. The van der Waals surface area contributed by atoms with Crippen molar-refractivity contribution in [1.82, 2.24) is 9.97 Å². The number of pyridine rings is 2. The van der Waals surface area contributed by atoms with Crippen LogP contribution in [-0.4, -0.2) is 27.1 Å². The number of halogens is 1. The van der Waals surface area contributed by atoms with Gasteiger partial charge in [0.15, 0.2) is 0 Å². The van der Waals surface area contributed by atoms with Crippen molar-refractivity contribution in [2.45, 2.75) is 47.0 Å². The highest BCUT2D eigenvalue weighted by Crippen LogP contribution is 2.27. The first kappa shape index (κ1) is 33.5. The predicted octanol–water partition coefficient (Wildman–Crippen LogP) is 9.04. The second-order valence-electron chi connectivity index (χ2n) is 10.7. The van der Waals surface area contributed by atoms with Gasteiger partial charge in [-0.25, -0.2) is 4.98 Å². The van der Waals surface area contributed by atoms with Crippen LogP contribution in [0.2, 0.25) is 5.15 Å². The lowest BCUT2D eigenvalue weighted by molar-refractivity contribution is 0.426. The topological polar surface area (TPSA) is 66.2 Å². The van der Waals surface area contributed by atoms with E-state index in [2.05, 4.69) is 92.3 Å². The second-order valence-corrected chi connectivity index (χ2v) is 11.0. The Morgan fingerprint density at radius 2 is 1.05 bits per heavy atom. The zero-order valence-electron chi connectivity index (χ0n) is 24.4. The first-order chi connectivity index (χ1) is 20.2. The first-order valence-electron chi connectivity index (χ1n) is 14.1. The molecular formula is C37H40BClN2O2. The van der Waals surface area contributed by atoms with Gasteiger partial charge < -0.3 is 10.0 Å². The molecule has 4 nitrogen and oxygen atoms in total. The summed E-state index contributed by atoms with van der Waals surface area (Å²) in [5.74, 6) is 1.05. The lowest BCUT2D eigenvalue weighted by Crippen LogP contribution is -2.29. The Morgan fingerprint density at radius 1 is 0.581 bits per heavy atom. The maximum Gasteiger partial charge on any atom is 0.488 e. The summed E-state index contributed by atoms with van der Waals surface area (Å²) < 4.78 is 0. The zero-order valence-corrected chi connectivity index (χ0v) is 25.2. The summed E-state index contributed by atoms with van der Waals surface area (Å²) in [6, 6.07) is 36.4. The van der Waals surface area contributed by atoms with Crippen molar-refractivity contribution in [1.29, 1.82) is 0 Å². The molecular weight excluding hydrogens is 551 g/mol. The summed E-state index contributed by atoms with van der Waals surface area (Å²) in [4.78, 5) is 8.52. The molecule has 6 heteroatoms. The Labute approximate surface area is 261 Å². The number of aromatic nitrogens is 2. The Morgan fingerprint density at radius 3 is 1.56 bits per heavy atom. The van der Waals surface area contributed by atoms with Crippen LogP contribution in [-0.2, 0) is 0 Å². The predicted molar refractivity (Wildman–Crippen MR) is 185 cm³/mol. The molecule has 0 fully saturated rings. The van der Waals surface area contributed by atoms with Crippen molar-refractivity contribution in [3.05, 3.63) is 138 Å². The number of rotatable bonds is 4. The summed E-state index contributed by atoms with van der Waals surface area (Å²) >= 11 is 5.85. The lowest BCUT2D eigenvalue weighted by Gasteiger charge is -2.08. The Kier molecular flexibility index (Phi) is 12.5. The van der Waals surface area contributed by atoms with Crippen LogP contribution in [0.25, 0.3) is 32.8 Å². The molecule has 6 aromatic rings. The molecule has 0 amide bonds. The summed E-state index contributed by atoms with van der Waals surface area (Å²) in [7, 11) is -1.36. The van der Waals surface area contributed by atoms with Gasteiger partial charge in [0.25, 0.3) is 0 Å². The molecule has 0 radical (unpaired) electrons. The van der Waals surface area contributed by atoms with E-state index in [4.69, 9.17) is 21.6 Å². The Bertz CT molecular complexity index is 1680. The Balaban J connectivity index is 0.000000184. The lowest BCUT2D eigenvalue weighted by atomic mass is 9.79. The second kappa shape index (κ2) is 16.0. The standard InChI is InChI=1S/C18H17N.C9H13BO2.C9H6ClN.CH4/c1-13(2)14-7-9-16(10-8-14)18-17-6-4-3-5-15(17)11-12-19-18;1-7(2)8-3-5-9(6-4-8)10(11)12;10-9-8-4-2-1-3-7(8)5-6-11-9;/h3-13H,1-2H3;3-7,11-12H,1-2H3;1-6H;1H4. The van der Waals surface area contributed by atoms with Crippen molar-refractivity contribution >= 4 is 45.7 Å². The van der Waals surface area contributed by atoms with Crippen LogP contribution in [0.3, 0.4) is 0 Å². The van der Waals surface area contributed by atoms with E-state index in [1.807, 2.05) is 48.7 Å². The molecule has 220 valence electrons. The monoisotopic (exact) mass is 590 g/mol. The third-order valence-corrected chi connectivity index (χ3v) is 7.35. The van der Waals surface area contributed by atoms with Crippen LogP contribution in [0, 0.1) is 0 Å². The molecule has 0 aliphatic rings. The van der Waals surface area contributed by atoms with Crippen molar-refractivity contribution < 1.29 is 10.0 Å². The van der Waals surface area contributed by atoms with Crippen LogP contribution < -0.4 is 5.46 Å². The maximum absolute atomic E-state index is 8.81. The first-order valence-corrected chi connectivity index (χ1v) is 14.5. The van der Waals surface area contributed by atoms with Gasteiger partial charge in [0, 0.05) is 28.7 Å². The average molecular weight is 591 g/mol. The number of hydrogen-bond acceptors (Lipinski definition) is 4. The molecule has 2 heterocycles. The molecule has 4 aromatic carbocycles. The molecule has 0 saturated carbocycles. The highest BCUT2D eigenvalue weighted by molar-refractivity contribution is 6.58. The third kappa shape index (κ3) is 8.98. The molecule has 43 heavy (non-hydrogen) atoms. The van der Waals surface area contributed by atoms with Gasteiger partial charge in [0.2, 0.25) is 0 Å². The molecule has 6 rings (SSSR count).